The summed E-state index contributed by atoms with van der Waals surface area (Å²) in [5, 5.41) is 3.93. The summed E-state index contributed by atoms with van der Waals surface area (Å²) < 4.78 is 27.5. The molecule has 0 aliphatic carbocycles. The highest BCUT2D eigenvalue weighted by Gasteiger charge is 2.15. The molecule has 17 heavy (non-hydrogen) atoms. The van der Waals surface area contributed by atoms with E-state index in [1.165, 1.54) is 16.9 Å². The summed E-state index contributed by atoms with van der Waals surface area (Å²) in [7, 11) is 0. The minimum atomic E-state index is -0.768. The average Bonchev–Trinajstić information content (AvgIpc) is 2.74. The van der Waals surface area contributed by atoms with E-state index in [4.69, 9.17) is 0 Å². The number of carbonyl (C=O) groups is 1. The number of nitrogens with zero attached hydrogens (tertiary/aromatic N) is 2. The molecule has 0 aliphatic heterocycles. The van der Waals surface area contributed by atoms with E-state index in [1.54, 1.807) is 0 Å². The lowest BCUT2D eigenvalue weighted by molar-refractivity contribution is 0.102. The van der Waals surface area contributed by atoms with Gasteiger partial charge in [0, 0.05) is 24.4 Å². The van der Waals surface area contributed by atoms with Gasteiger partial charge in [-0.05, 0) is 25.1 Å². The van der Waals surface area contributed by atoms with E-state index in [-0.39, 0.29) is 5.56 Å². The molecule has 0 saturated carbocycles. The normalized spacial score (nSPS) is 10.5. The topological polar surface area (TPSA) is 34.9 Å². The Balaban J connectivity index is 2.43. The predicted molar refractivity (Wildman–Crippen MR) is 57.7 cm³/mol. The summed E-state index contributed by atoms with van der Waals surface area (Å²) in [5.41, 5.74) is 0.301. The Morgan fingerprint density at radius 1 is 1.29 bits per heavy atom. The molecule has 0 fully saturated rings. The highest BCUT2D eigenvalue weighted by atomic mass is 19.1. The smallest absolute Gasteiger partial charge is 0.211 e. The van der Waals surface area contributed by atoms with Gasteiger partial charge < -0.3 is 0 Å². The van der Waals surface area contributed by atoms with Crippen LogP contribution in [-0.4, -0.2) is 15.6 Å². The van der Waals surface area contributed by atoms with Gasteiger partial charge in [-0.1, -0.05) is 0 Å². The third kappa shape index (κ3) is 2.22. The molecule has 88 valence electrons. The molecule has 0 N–H and O–H groups in total. The Labute approximate surface area is 96.7 Å². The lowest BCUT2D eigenvalue weighted by Gasteiger charge is -2.04. The van der Waals surface area contributed by atoms with Crippen molar-refractivity contribution in [3.05, 3.63) is 53.4 Å². The number of carbonyl (C=O) groups excluding carboxylic acids is 1. The van der Waals surface area contributed by atoms with Crippen LogP contribution in [0.1, 0.15) is 23.0 Å². The molecule has 1 aromatic heterocycles. The van der Waals surface area contributed by atoms with Crippen molar-refractivity contribution in [1.82, 2.24) is 9.78 Å². The second kappa shape index (κ2) is 4.45. The van der Waals surface area contributed by atoms with Crippen LogP contribution in [0.4, 0.5) is 8.78 Å². The van der Waals surface area contributed by atoms with Crippen LogP contribution in [0.25, 0.3) is 0 Å². The fraction of sp³-hybridized carbons (Fsp3) is 0.167. The summed E-state index contributed by atoms with van der Waals surface area (Å²) >= 11 is 0. The molecular weight excluding hydrogens is 226 g/mol. The fourth-order valence-corrected chi connectivity index (χ4v) is 1.61. The summed E-state index contributed by atoms with van der Waals surface area (Å²) in [6.07, 6.45) is 1.48. The van der Waals surface area contributed by atoms with Crippen molar-refractivity contribution in [2.45, 2.75) is 13.5 Å². The third-order valence-corrected chi connectivity index (χ3v) is 2.37. The summed E-state index contributed by atoms with van der Waals surface area (Å²) in [4.78, 5) is 12.0. The summed E-state index contributed by atoms with van der Waals surface area (Å²) in [5.74, 6) is -1.98. The first-order chi connectivity index (χ1) is 8.11. The van der Waals surface area contributed by atoms with Gasteiger partial charge in [0.1, 0.15) is 17.3 Å². The van der Waals surface area contributed by atoms with Gasteiger partial charge in [0.15, 0.2) is 0 Å². The molecule has 0 amide bonds. The molecule has 0 bridgehead atoms. The summed E-state index contributed by atoms with van der Waals surface area (Å²) in [6.45, 7) is 2.35. The van der Waals surface area contributed by atoms with Gasteiger partial charge >= 0.3 is 0 Å². The number of halogens is 2. The Morgan fingerprint density at radius 2 is 1.94 bits per heavy atom. The van der Waals surface area contributed by atoms with Crippen molar-refractivity contribution in [3.8, 4) is 0 Å². The van der Waals surface area contributed by atoms with Crippen LogP contribution in [-0.2, 0) is 6.54 Å². The first-order valence-electron chi connectivity index (χ1n) is 5.14. The standard InChI is InChI=1S/C12H10F2N2O/c1-2-16-11(3-4-15-16)12(17)8-5-9(13)7-10(14)6-8/h3-7H,2H2,1H3. The summed E-state index contributed by atoms with van der Waals surface area (Å²) in [6, 6.07) is 4.28. The van der Waals surface area contributed by atoms with Crippen molar-refractivity contribution in [2.75, 3.05) is 0 Å². The van der Waals surface area contributed by atoms with Crippen LogP contribution >= 0.6 is 0 Å². The molecule has 0 spiro atoms. The molecule has 1 heterocycles. The molecular formula is C12H10F2N2O. The van der Waals surface area contributed by atoms with E-state index in [0.29, 0.717) is 12.2 Å². The molecule has 1 aromatic carbocycles. The van der Waals surface area contributed by atoms with Gasteiger partial charge in [0.05, 0.1) is 0 Å². The largest absolute Gasteiger partial charge is 0.287 e. The number of aromatic nitrogens is 2. The molecule has 5 heteroatoms. The zero-order valence-corrected chi connectivity index (χ0v) is 9.15. The molecule has 0 atom stereocenters. The highest BCUT2D eigenvalue weighted by Crippen LogP contribution is 2.13. The van der Waals surface area contributed by atoms with E-state index in [1.807, 2.05) is 6.92 Å². The SMILES string of the molecule is CCn1nccc1C(=O)c1cc(F)cc(F)c1. The van der Waals surface area contributed by atoms with Crippen LogP contribution in [0.5, 0.6) is 0 Å². The van der Waals surface area contributed by atoms with E-state index >= 15 is 0 Å². The predicted octanol–water partition coefficient (Wildman–Crippen LogP) is 2.41. The van der Waals surface area contributed by atoms with Crippen LogP contribution in [0.15, 0.2) is 30.5 Å². The lowest BCUT2D eigenvalue weighted by atomic mass is 10.1. The van der Waals surface area contributed by atoms with Gasteiger partial charge in [-0.2, -0.15) is 5.10 Å². The number of benzene rings is 1. The molecule has 0 radical (unpaired) electrons. The lowest BCUT2D eigenvalue weighted by Crippen LogP contribution is -2.11. The Kier molecular flexibility index (Phi) is 2.99. The maximum absolute atomic E-state index is 13.0. The number of rotatable bonds is 3. The van der Waals surface area contributed by atoms with E-state index in [9.17, 15) is 13.6 Å². The van der Waals surface area contributed by atoms with Gasteiger partial charge in [0.25, 0.3) is 0 Å². The quantitative estimate of drug-likeness (QED) is 0.767. The average molecular weight is 236 g/mol. The highest BCUT2D eigenvalue weighted by molar-refractivity contribution is 6.07. The van der Waals surface area contributed by atoms with E-state index in [2.05, 4.69) is 5.10 Å². The van der Waals surface area contributed by atoms with Crippen LogP contribution in [0.3, 0.4) is 0 Å². The van der Waals surface area contributed by atoms with Crippen molar-refractivity contribution in [2.24, 2.45) is 0 Å². The first kappa shape index (κ1) is 11.4. The van der Waals surface area contributed by atoms with Crippen molar-refractivity contribution in [3.63, 3.8) is 0 Å². The molecule has 2 rings (SSSR count). The molecule has 0 saturated heterocycles. The van der Waals surface area contributed by atoms with Crippen LogP contribution < -0.4 is 0 Å². The third-order valence-electron chi connectivity index (χ3n) is 2.37. The molecule has 2 aromatic rings. The maximum Gasteiger partial charge on any atom is 0.211 e. The zero-order valence-electron chi connectivity index (χ0n) is 9.15. The minimum Gasteiger partial charge on any atom is -0.287 e. The monoisotopic (exact) mass is 236 g/mol. The number of ketones is 1. The Hall–Kier alpha value is -2.04. The van der Waals surface area contributed by atoms with Crippen LogP contribution in [0.2, 0.25) is 0 Å². The number of hydrogen-bond donors (Lipinski definition) is 0. The van der Waals surface area contributed by atoms with Crippen LogP contribution in [0, 0.1) is 11.6 Å². The van der Waals surface area contributed by atoms with Crippen molar-refractivity contribution >= 4 is 5.78 Å². The second-order valence-electron chi connectivity index (χ2n) is 3.52. The molecule has 0 unspecified atom stereocenters. The van der Waals surface area contributed by atoms with Gasteiger partial charge in [-0.25, -0.2) is 8.78 Å². The second-order valence-corrected chi connectivity index (χ2v) is 3.52. The Bertz CT molecular complexity index is 543. The maximum atomic E-state index is 13.0. The zero-order chi connectivity index (χ0) is 12.4. The number of hydrogen-bond acceptors (Lipinski definition) is 2. The van der Waals surface area contributed by atoms with E-state index < -0.39 is 17.4 Å². The van der Waals surface area contributed by atoms with Gasteiger partial charge in [-0.15, -0.1) is 0 Å². The van der Waals surface area contributed by atoms with E-state index in [0.717, 1.165) is 18.2 Å². The minimum absolute atomic E-state index is 0.0160. The molecule has 3 nitrogen and oxygen atoms in total. The van der Waals surface area contributed by atoms with Crippen molar-refractivity contribution in [1.29, 1.82) is 0 Å². The fourth-order valence-electron chi connectivity index (χ4n) is 1.61. The number of aryl methyl sites for hydroxylation is 1. The van der Waals surface area contributed by atoms with Gasteiger partial charge in [0.2, 0.25) is 5.78 Å². The van der Waals surface area contributed by atoms with Gasteiger partial charge in [-0.3, -0.25) is 9.48 Å². The molecule has 0 aliphatic rings. The van der Waals surface area contributed by atoms with Crippen molar-refractivity contribution < 1.29 is 13.6 Å². The Morgan fingerprint density at radius 3 is 2.53 bits per heavy atom. The first-order valence-corrected chi connectivity index (χ1v) is 5.14.